The maximum Gasteiger partial charge on any atom is 0.328 e. The number of carboxylic acid groups (broad SMARTS) is 2. The summed E-state index contributed by atoms with van der Waals surface area (Å²) in [6.07, 6.45) is 2.82. The quantitative estimate of drug-likeness (QED) is 0.678. The van der Waals surface area contributed by atoms with Crippen molar-refractivity contribution in [3.05, 3.63) is 46.8 Å². The average Bonchev–Trinajstić information content (AvgIpc) is 2.74. The molecule has 0 saturated heterocycles. The molecule has 0 fully saturated rings. The Hall–Kier alpha value is -2.83. The van der Waals surface area contributed by atoms with E-state index in [9.17, 15) is 14.4 Å². The van der Waals surface area contributed by atoms with Crippen LogP contribution in [0.25, 0.3) is 11.3 Å². The van der Waals surface area contributed by atoms with Crippen molar-refractivity contribution in [2.75, 3.05) is 0 Å². The molecule has 0 bridgehead atoms. The lowest BCUT2D eigenvalue weighted by Gasteiger charge is -1.87. The molecule has 0 aromatic heterocycles. The highest BCUT2D eigenvalue weighted by Crippen LogP contribution is 2.16. The third kappa shape index (κ3) is 4.35. The molecule has 2 aliphatic rings. The topological polar surface area (TPSA) is 121 Å². The fourth-order valence-corrected chi connectivity index (χ4v) is 1.02. The van der Waals surface area contributed by atoms with Crippen LogP contribution in [0, 0.1) is 0 Å². The molecule has 0 atom stereocenters. The smallest absolute Gasteiger partial charge is 0.328 e. The predicted molar refractivity (Wildman–Crippen MR) is 60.4 cm³/mol. The number of carbonyl (C=O) groups is 2. The van der Waals surface area contributed by atoms with E-state index in [0.717, 1.165) is 5.56 Å². The van der Waals surface area contributed by atoms with Crippen molar-refractivity contribution in [2.24, 2.45) is 0 Å². The normalized spacial score (nSPS) is 10.0. The number of nitrogens with one attached hydrogen (secondary N) is 1. The highest BCUT2D eigenvalue weighted by atomic mass is 16.5. The molecule has 0 spiro atoms. The molecular formula is C11H9NO6. The van der Waals surface area contributed by atoms with Crippen molar-refractivity contribution in [1.29, 1.82) is 0 Å². The van der Waals surface area contributed by atoms with E-state index in [1.807, 2.05) is 0 Å². The SMILES string of the molecule is O=C(O)/C=C\C(=O)O.O=c1ccc2c[nH]oc-2c1. The van der Waals surface area contributed by atoms with Crippen LogP contribution >= 0.6 is 0 Å². The fourth-order valence-electron chi connectivity index (χ4n) is 1.02. The van der Waals surface area contributed by atoms with Gasteiger partial charge in [-0.25, -0.2) is 14.7 Å². The summed E-state index contributed by atoms with van der Waals surface area (Å²) in [6.45, 7) is 0. The standard InChI is InChI=1S/C7H5NO2.C4H4O4/c9-6-2-1-5-4-8-10-7(5)3-6;5-3(6)1-2-4(7)8/h1-4,8H;1-2H,(H,5,6)(H,7,8)/b;2-1-. The molecule has 0 aromatic rings. The van der Waals surface area contributed by atoms with Gasteiger partial charge >= 0.3 is 11.9 Å². The van der Waals surface area contributed by atoms with Crippen LogP contribution in [0.15, 0.2) is 45.9 Å². The van der Waals surface area contributed by atoms with E-state index in [0.29, 0.717) is 17.9 Å². The number of aromatic amines is 1. The van der Waals surface area contributed by atoms with Gasteiger partial charge in [-0.3, -0.25) is 4.79 Å². The third-order valence-electron chi connectivity index (χ3n) is 1.74. The van der Waals surface area contributed by atoms with Crippen molar-refractivity contribution >= 4 is 11.9 Å². The molecule has 0 aromatic carbocycles. The molecule has 1 aliphatic heterocycles. The predicted octanol–water partition coefficient (Wildman–Crippen LogP) is 0.784. The Morgan fingerprint density at radius 3 is 2.33 bits per heavy atom. The van der Waals surface area contributed by atoms with Crippen LogP contribution in [-0.4, -0.2) is 27.3 Å². The summed E-state index contributed by atoms with van der Waals surface area (Å²) in [5.74, 6) is -1.91. The molecule has 1 aliphatic carbocycles. The molecule has 7 nitrogen and oxygen atoms in total. The highest BCUT2D eigenvalue weighted by Gasteiger charge is 2.03. The van der Waals surface area contributed by atoms with Gasteiger partial charge in [0.25, 0.3) is 0 Å². The Bertz CT molecular complexity index is 578. The Kier molecular flexibility index (Phi) is 4.44. The van der Waals surface area contributed by atoms with E-state index >= 15 is 0 Å². The molecule has 0 amide bonds. The fraction of sp³-hybridized carbons (Fsp3) is 0. The first kappa shape index (κ1) is 13.2. The molecule has 18 heavy (non-hydrogen) atoms. The lowest BCUT2D eigenvalue weighted by molar-refractivity contribution is -0.134. The zero-order valence-corrected chi connectivity index (χ0v) is 8.99. The van der Waals surface area contributed by atoms with E-state index < -0.39 is 11.9 Å². The van der Waals surface area contributed by atoms with Gasteiger partial charge in [0.2, 0.25) is 0 Å². The number of fused-ring (bicyclic) bond motifs is 1. The Morgan fingerprint density at radius 1 is 1.17 bits per heavy atom. The third-order valence-corrected chi connectivity index (χ3v) is 1.74. The van der Waals surface area contributed by atoms with Crippen molar-refractivity contribution in [3.8, 4) is 11.3 Å². The summed E-state index contributed by atoms with van der Waals surface area (Å²) in [7, 11) is 0. The van der Waals surface area contributed by atoms with Gasteiger partial charge in [0, 0.05) is 30.0 Å². The summed E-state index contributed by atoms with van der Waals surface area (Å²) < 4.78 is 4.87. The summed E-state index contributed by atoms with van der Waals surface area (Å²) in [5.41, 5.74) is 0.885. The molecule has 3 N–H and O–H groups in total. The zero-order valence-electron chi connectivity index (χ0n) is 8.99. The summed E-state index contributed by atoms with van der Waals surface area (Å²) in [4.78, 5) is 29.8. The van der Waals surface area contributed by atoms with Crippen LogP contribution in [0.4, 0.5) is 0 Å². The average molecular weight is 251 g/mol. The first-order valence-corrected chi connectivity index (χ1v) is 4.69. The van der Waals surface area contributed by atoms with Crippen molar-refractivity contribution in [3.63, 3.8) is 0 Å². The van der Waals surface area contributed by atoms with Crippen LogP contribution in [0.5, 0.6) is 0 Å². The Morgan fingerprint density at radius 2 is 1.78 bits per heavy atom. The van der Waals surface area contributed by atoms with Gasteiger partial charge in [-0.15, -0.1) is 0 Å². The van der Waals surface area contributed by atoms with Gasteiger partial charge in [-0.1, -0.05) is 0 Å². The Labute approximate surface area is 100 Å². The molecule has 0 saturated carbocycles. The summed E-state index contributed by atoms with van der Waals surface area (Å²) >= 11 is 0. The number of hydrogen-bond donors (Lipinski definition) is 3. The summed E-state index contributed by atoms with van der Waals surface area (Å²) in [5, 5.41) is 18.2. The van der Waals surface area contributed by atoms with Crippen molar-refractivity contribution < 1.29 is 24.3 Å². The van der Waals surface area contributed by atoms with Gasteiger partial charge in [0.15, 0.2) is 11.2 Å². The monoisotopic (exact) mass is 251 g/mol. The number of aromatic nitrogens is 1. The lowest BCUT2D eigenvalue weighted by Crippen LogP contribution is -1.94. The molecule has 0 unspecified atom stereocenters. The lowest BCUT2D eigenvalue weighted by atomic mass is 10.2. The molecule has 1 heterocycles. The minimum Gasteiger partial charge on any atom is -0.478 e. The number of aliphatic carboxylic acids is 2. The van der Waals surface area contributed by atoms with Crippen molar-refractivity contribution in [2.45, 2.75) is 0 Å². The number of carboxylic acids is 2. The van der Waals surface area contributed by atoms with Crippen LogP contribution in [-0.2, 0) is 9.59 Å². The zero-order chi connectivity index (χ0) is 13.5. The van der Waals surface area contributed by atoms with E-state index in [1.54, 1.807) is 12.3 Å². The van der Waals surface area contributed by atoms with E-state index in [2.05, 4.69) is 5.16 Å². The van der Waals surface area contributed by atoms with Gasteiger partial charge in [-0.05, 0) is 12.1 Å². The highest BCUT2D eigenvalue weighted by molar-refractivity contribution is 5.89. The number of hydrogen-bond acceptors (Lipinski definition) is 4. The first-order valence-electron chi connectivity index (χ1n) is 4.69. The van der Waals surface area contributed by atoms with Crippen LogP contribution in [0.1, 0.15) is 0 Å². The minimum atomic E-state index is -1.26. The van der Waals surface area contributed by atoms with Crippen LogP contribution in [0.2, 0.25) is 0 Å². The minimum absolute atomic E-state index is 0.0316. The van der Waals surface area contributed by atoms with E-state index in [4.69, 9.17) is 14.7 Å². The van der Waals surface area contributed by atoms with Gasteiger partial charge < -0.3 is 14.7 Å². The molecular weight excluding hydrogens is 242 g/mol. The maximum atomic E-state index is 10.7. The van der Waals surface area contributed by atoms with Crippen LogP contribution in [0.3, 0.4) is 0 Å². The number of H-pyrrole nitrogens is 1. The second-order valence-corrected chi connectivity index (χ2v) is 3.07. The van der Waals surface area contributed by atoms with E-state index in [-0.39, 0.29) is 5.43 Å². The summed E-state index contributed by atoms with van der Waals surface area (Å²) in [6, 6.07) is 4.68. The molecule has 94 valence electrons. The van der Waals surface area contributed by atoms with Gasteiger partial charge in [-0.2, -0.15) is 0 Å². The second-order valence-electron chi connectivity index (χ2n) is 3.07. The Balaban J connectivity index is 0.000000187. The largest absolute Gasteiger partial charge is 0.478 e. The van der Waals surface area contributed by atoms with Gasteiger partial charge in [0.1, 0.15) is 0 Å². The first-order chi connectivity index (χ1) is 8.49. The molecule has 0 radical (unpaired) electrons. The number of rotatable bonds is 2. The maximum absolute atomic E-state index is 10.7. The number of benzene rings is 1. The van der Waals surface area contributed by atoms with E-state index in [1.165, 1.54) is 12.1 Å². The molecule has 2 rings (SSSR count). The van der Waals surface area contributed by atoms with Crippen molar-refractivity contribution in [1.82, 2.24) is 5.16 Å². The van der Waals surface area contributed by atoms with Gasteiger partial charge in [0.05, 0.1) is 0 Å². The molecule has 7 heteroatoms. The van der Waals surface area contributed by atoms with Crippen LogP contribution < -0.4 is 5.43 Å². The second kappa shape index (κ2) is 6.04.